The van der Waals surface area contributed by atoms with Crippen molar-refractivity contribution in [2.24, 2.45) is 5.92 Å². The molecule has 0 heterocycles. The van der Waals surface area contributed by atoms with E-state index in [0.717, 1.165) is 24.2 Å². The van der Waals surface area contributed by atoms with Crippen LogP contribution in [0.4, 0.5) is 5.69 Å². The Morgan fingerprint density at radius 2 is 1.95 bits per heavy atom. The number of nitrogens with zero attached hydrogens (tertiary/aromatic N) is 2. The van der Waals surface area contributed by atoms with Crippen LogP contribution in [0.15, 0.2) is 24.3 Å². The van der Waals surface area contributed by atoms with E-state index in [9.17, 15) is 4.79 Å². The van der Waals surface area contributed by atoms with Crippen LogP contribution in [0.2, 0.25) is 0 Å². The Balaban J connectivity index is 1.45. The van der Waals surface area contributed by atoms with Crippen molar-refractivity contribution in [3.05, 3.63) is 29.8 Å². The molecule has 2 saturated carbocycles. The number of anilines is 1. The topological polar surface area (TPSA) is 56.1 Å². The lowest BCUT2D eigenvalue weighted by Crippen LogP contribution is -2.31. The van der Waals surface area contributed by atoms with Crippen molar-refractivity contribution in [3.8, 4) is 6.07 Å². The summed E-state index contributed by atoms with van der Waals surface area (Å²) in [7, 11) is 0. The molecule has 4 nitrogen and oxygen atoms in total. The van der Waals surface area contributed by atoms with Gasteiger partial charge in [-0.1, -0.05) is 0 Å². The highest BCUT2D eigenvalue weighted by atomic mass is 16.1. The Labute approximate surface area is 125 Å². The van der Waals surface area contributed by atoms with Crippen molar-refractivity contribution in [2.45, 2.75) is 38.1 Å². The van der Waals surface area contributed by atoms with Crippen molar-refractivity contribution >= 4 is 11.6 Å². The second kappa shape index (κ2) is 6.28. The number of nitrogens with one attached hydrogen (secondary N) is 1. The summed E-state index contributed by atoms with van der Waals surface area (Å²) in [6, 6.07) is 9.80. The van der Waals surface area contributed by atoms with Crippen molar-refractivity contribution in [1.82, 2.24) is 4.90 Å². The second-order valence-corrected chi connectivity index (χ2v) is 6.16. The highest BCUT2D eigenvalue weighted by molar-refractivity contribution is 5.90. The van der Waals surface area contributed by atoms with Crippen LogP contribution < -0.4 is 5.32 Å². The monoisotopic (exact) mass is 283 g/mol. The average molecular weight is 283 g/mol. The molecule has 1 N–H and O–H groups in total. The van der Waals surface area contributed by atoms with Gasteiger partial charge in [0.15, 0.2) is 0 Å². The van der Waals surface area contributed by atoms with Crippen molar-refractivity contribution in [3.63, 3.8) is 0 Å². The summed E-state index contributed by atoms with van der Waals surface area (Å²) in [5.74, 6) is 0.938. The van der Waals surface area contributed by atoms with Gasteiger partial charge in [0.2, 0.25) is 5.91 Å². The number of benzene rings is 1. The van der Waals surface area contributed by atoms with Gasteiger partial charge in [-0.25, -0.2) is 0 Å². The van der Waals surface area contributed by atoms with E-state index < -0.39 is 0 Å². The quantitative estimate of drug-likeness (QED) is 0.837. The van der Waals surface area contributed by atoms with E-state index in [0.29, 0.717) is 12.0 Å². The lowest BCUT2D eigenvalue weighted by atomic mass is 10.2. The third-order valence-electron chi connectivity index (χ3n) is 4.18. The summed E-state index contributed by atoms with van der Waals surface area (Å²) in [5.41, 5.74) is 1.37. The Hall–Kier alpha value is -1.86. The van der Waals surface area contributed by atoms with Crippen molar-refractivity contribution in [2.75, 3.05) is 18.4 Å². The summed E-state index contributed by atoms with van der Waals surface area (Å²) in [6.07, 6.45) is 5.86. The van der Waals surface area contributed by atoms with Crippen molar-refractivity contribution < 1.29 is 4.79 Å². The molecule has 0 atom stereocenters. The SMILES string of the molecule is N#Cc1ccc(NC(=O)CCN(CC2CC2)C2CC2)cc1. The maximum absolute atomic E-state index is 12.0. The smallest absolute Gasteiger partial charge is 0.225 e. The molecule has 110 valence electrons. The maximum atomic E-state index is 12.0. The molecule has 3 rings (SSSR count). The van der Waals surface area contributed by atoms with Gasteiger partial charge in [0.1, 0.15) is 0 Å². The summed E-state index contributed by atoms with van der Waals surface area (Å²) in [5, 5.41) is 11.6. The van der Waals surface area contributed by atoms with Gasteiger partial charge in [0.05, 0.1) is 11.6 Å². The minimum Gasteiger partial charge on any atom is -0.326 e. The lowest BCUT2D eigenvalue weighted by Gasteiger charge is -2.21. The minimum atomic E-state index is 0.0566. The predicted molar refractivity (Wildman–Crippen MR) is 81.7 cm³/mol. The Bertz CT molecular complexity index is 538. The van der Waals surface area contributed by atoms with Gasteiger partial charge in [-0.05, 0) is 55.9 Å². The fourth-order valence-corrected chi connectivity index (χ4v) is 2.59. The van der Waals surface area contributed by atoms with E-state index in [2.05, 4.69) is 16.3 Å². The molecule has 2 fully saturated rings. The normalized spacial score (nSPS) is 17.5. The molecule has 1 aromatic carbocycles. The van der Waals surface area contributed by atoms with Crippen LogP contribution in [0.5, 0.6) is 0 Å². The van der Waals surface area contributed by atoms with Gasteiger partial charge in [0, 0.05) is 31.2 Å². The highest BCUT2D eigenvalue weighted by Gasteiger charge is 2.33. The number of amides is 1. The van der Waals surface area contributed by atoms with Crippen LogP contribution in [0.3, 0.4) is 0 Å². The zero-order valence-corrected chi connectivity index (χ0v) is 12.2. The molecule has 2 aliphatic rings. The minimum absolute atomic E-state index is 0.0566. The fourth-order valence-electron chi connectivity index (χ4n) is 2.59. The lowest BCUT2D eigenvalue weighted by molar-refractivity contribution is -0.116. The van der Waals surface area contributed by atoms with E-state index in [1.807, 2.05) is 0 Å². The fraction of sp³-hybridized carbons (Fsp3) is 0.529. The second-order valence-electron chi connectivity index (χ2n) is 6.16. The van der Waals surface area contributed by atoms with E-state index in [-0.39, 0.29) is 5.91 Å². The molecular formula is C17H21N3O. The zero-order chi connectivity index (χ0) is 14.7. The molecule has 1 aromatic rings. The number of nitriles is 1. The molecule has 0 aliphatic heterocycles. The van der Waals surface area contributed by atoms with Crippen molar-refractivity contribution in [1.29, 1.82) is 5.26 Å². The van der Waals surface area contributed by atoms with E-state index in [4.69, 9.17) is 5.26 Å². The van der Waals surface area contributed by atoms with Crippen LogP contribution in [-0.2, 0) is 4.79 Å². The van der Waals surface area contributed by atoms with Gasteiger partial charge in [-0.3, -0.25) is 9.69 Å². The first-order chi connectivity index (χ1) is 10.2. The summed E-state index contributed by atoms with van der Waals surface area (Å²) < 4.78 is 0. The molecule has 0 saturated heterocycles. The maximum Gasteiger partial charge on any atom is 0.225 e. The summed E-state index contributed by atoms with van der Waals surface area (Å²) in [4.78, 5) is 14.5. The summed E-state index contributed by atoms with van der Waals surface area (Å²) in [6.45, 7) is 2.04. The first-order valence-corrected chi connectivity index (χ1v) is 7.78. The van der Waals surface area contributed by atoms with E-state index >= 15 is 0 Å². The molecule has 2 aliphatic carbocycles. The first-order valence-electron chi connectivity index (χ1n) is 7.78. The number of hydrogen-bond donors (Lipinski definition) is 1. The Kier molecular flexibility index (Phi) is 4.21. The number of carbonyl (C=O) groups excluding carboxylic acids is 1. The molecule has 21 heavy (non-hydrogen) atoms. The van der Waals surface area contributed by atoms with Crippen LogP contribution in [-0.4, -0.2) is 29.9 Å². The van der Waals surface area contributed by atoms with Gasteiger partial charge in [-0.15, -0.1) is 0 Å². The number of rotatable bonds is 7. The third-order valence-corrected chi connectivity index (χ3v) is 4.18. The van der Waals surface area contributed by atoms with E-state index in [1.54, 1.807) is 24.3 Å². The number of hydrogen-bond acceptors (Lipinski definition) is 3. The van der Waals surface area contributed by atoms with Gasteiger partial charge in [-0.2, -0.15) is 5.26 Å². The first kappa shape index (κ1) is 14.1. The average Bonchev–Trinajstić information content (AvgIpc) is 3.37. The molecule has 0 spiro atoms. The zero-order valence-electron chi connectivity index (χ0n) is 12.2. The van der Waals surface area contributed by atoms with Crippen LogP contribution >= 0.6 is 0 Å². The molecule has 0 radical (unpaired) electrons. The van der Waals surface area contributed by atoms with Gasteiger partial charge >= 0.3 is 0 Å². The molecule has 0 unspecified atom stereocenters. The number of carbonyl (C=O) groups is 1. The standard InChI is InChI=1S/C17H21N3O/c18-11-13-3-5-15(6-4-13)19-17(21)9-10-20(16-7-8-16)12-14-1-2-14/h3-6,14,16H,1-2,7-10,12H2,(H,19,21). The molecular weight excluding hydrogens is 262 g/mol. The molecule has 1 amide bonds. The molecule has 0 aromatic heterocycles. The molecule has 0 bridgehead atoms. The van der Waals surface area contributed by atoms with Crippen LogP contribution in [0, 0.1) is 17.2 Å². The van der Waals surface area contributed by atoms with Crippen LogP contribution in [0.25, 0.3) is 0 Å². The Morgan fingerprint density at radius 3 is 2.52 bits per heavy atom. The third kappa shape index (κ3) is 4.30. The largest absolute Gasteiger partial charge is 0.326 e. The van der Waals surface area contributed by atoms with Crippen LogP contribution in [0.1, 0.15) is 37.7 Å². The summed E-state index contributed by atoms with van der Waals surface area (Å²) >= 11 is 0. The Morgan fingerprint density at radius 1 is 1.24 bits per heavy atom. The van der Waals surface area contributed by atoms with Gasteiger partial charge < -0.3 is 5.32 Å². The molecule has 4 heteroatoms. The predicted octanol–water partition coefficient (Wildman–Crippen LogP) is 2.76. The van der Waals surface area contributed by atoms with Gasteiger partial charge in [0.25, 0.3) is 0 Å². The van der Waals surface area contributed by atoms with E-state index in [1.165, 1.54) is 32.2 Å². The highest BCUT2D eigenvalue weighted by Crippen LogP contribution is 2.34.